The lowest BCUT2D eigenvalue weighted by atomic mass is 9.74. The fourth-order valence-electron chi connectivity index (χ4n) is 1.86. The minimum absolute atomic E-state index is 0.412. The number of methoxy groups -OCH3 is 1. The summed E-state index contributed by atoms with van der Waals surface area (Å²) in [6.45, 7) is 0. The van der Waals surface area contributed by atoms with E-state index in [1.807, 2.05) is 0 Å². The van der Waals surface area contributed by atoms with Gasteiger partial charge in [0.05, 0.1) is 7.11 Å². The number of hydrogen-bond donors (Lipinski definition) is 1. The lowest BCUT2D eigenvalue weighted by Gasteiger charge is -2.29. The molecule has 0 radical (unpaired) electrons. The highest BCUT2D eigenvalue weighted by atomic mass is 16.5. The molecule has 4 nitrogen and oxygen atoms in total. The quantitative estimate of drug-likeness (QED) is 0.519. The van der Waals surface area contributed by atoms with Gasteiger partial charge in [-0.05, 0) is 12.8 Å². The Hall–Kier alpha value is -1.06. The summed E-state index contributed by atoms with van der Waals surface area (Å²) in [5.41, 5.74) is -1.26. The maximum Gasteiger partial charge on any atom is 0.323 e. The van der Waals surface area contributed by atoms with Crippen molar-refractivity contribution in [2.24, 2.45) is 5.41 Å². The zero-order valence-electron chi connectivity index (χ0n) is 7.71. The second-order valence-electron chi connectivity index (χ2n) is 3.44. The van der Waals surface area contributed by atoms with Gasteiger partial charge in [-0.15, -0.1) is 0 Å². The smallest absolute Gasteiger partial charge is 0.323 e. The number of ether oxygens (including phenoxy) is 1. The number of carbonyl (C=O) groups excluding carboxylic acids is 1. The Kier molecular flexibility index (Phi) is 2.90. The molecule has 74 valence electrons. The van der Waals surface area contributed by atoms with Gasteiger partial charge >= 0.3 is 11.9 Å². The summed E-state index contributed by atoms with van der Waals surface area (Å²) in [5.74, 6) is -1.64. The average molecular weight is 186 g/mol. The number of carboxylic acid groups (broad SMARTS) is 1. The van der Waals surface area contributed by atoms with E-state index in [4.69, 9.17) is 5.11 Å². The molecule has 0 atom stereocenters. The highest BCUT2D eigenvalue weighted by molar-refractivity contribution is 5.99. The molecule has 0 heterocycles. The lowest BCUT2D eigenvalue weighted by Crippen LogP contribution is -2.41. The number of carbonyl (C=O) groups is 2. The van der Waals surface area contributed by atoms with Crippen LogP contribution in [-0.2, 0) is 14.3 Å². The van der Waals surface area contributed by atoms with Crippen molar-refractivity contribution < 1.29 is 19.4 Å². The van der Waals surface area contributed by atoms with Crippen molar-refractivity contribution in [1.82, 2.24) is 0 Å². The van der Waals surface area contributed by atoms with Crippen LogP contribution in [0.15, 0.2) is 0 Å². The highest BCUT2D eigenvalue weighted by Crippen LogP contribution is 2.37. The standard InChI is InChI=1S/C9H14O4/c1-13-8(12)9(7(10)11)5-3-2-4-6-9/h2-6H2,1H3,(H,10,11). The Bertz CT molecular complexity index is 216. The van der Waals surface area contributed by atoms with E-state index in [2.05, 4.69) is 4.74 Å². The molecule has 1 fully saturated rings. The van der Waals surface area contributed by atoms with Gasteiger partial charge in [0.1, 0.15) is 0 Å². The predicted molar refractivity (Wildman–Crippen MR) is 45.2 cm³/mol. The zero-order valence-corrected chi connectivity index (χ0v) is 7.71. The summed E-state index contributed by atoms with van der Waals surface area (Å²) in [6.07, 6.45) is 3.42. The first-order valence-electron chi connectivity index (χ1n) is 4.45. The monoisotopic (exact) mass is 186 g/mol. The Morgan fingerprint density at radius 3 is 2.15 bits per heavy atom. The molecule has 0 aliphatic heterocycles. The Morgan fingerprint density at radius 2 is 1.77 bits per heavy atom. The van der Waals surface area contributed by atoms with Gasteiger partial charge in [0.15, 0.2) is 5.41 Å². The van der Waals surface area contributed by atoms with Crippen LogP contribution < -0.4 is 0 Å². The van der Waals surface area contributed by atoms with Gasteiger partial charge in [-0.2, -0.15) is 0 Å². The predicted octanol–water partition coefficient (Wildman–Crippen LogP) is 1.19. The van der Waals surface area contributed by atoms with Gasteiger partial charge in [-0.3, -0.25) is 9.59 Å². The largest absolute Gasteiger partial charge is 0.480 e. The molecule has 1 saturated carbocycles. The van der Waals surface area contributed by atoms with Gasteiger partial charge in [0.2, 0.25) is 0 Å². The molecule has 13 heavy (non-hydrogen) atoms. The van der Waals surface area contributed by atoms with E-state index < -0.39 is 17.4 Å². The molecule has 0 aromatic carbocycles. The van der Waals surface area contributed by atoms with Crippen LogP contribution in [0.25, 0.3) is 0 Å². The van der Waals surface area contributed by atoms with Crippen molar-refractivity contribution >= 4 is 11.9 Å². The number of carboxylic acids is 1. The number of esters is 1. The van der Waals surface area contributed by atoms with E-state index in [-0.39, 0.29) is 0 Å². The van der Waals surface area contributed by atoms with Crippen molar-refractivity contribution in [3.63, 3.8) is 0 Å². The van der Waals surface area contributed by atoms with Crippen LogP contribution in [0.2, 0.25) is 0 Å². The number of rotatable bonds is 2. The fraction of sp³-hybridized carbons (Fsp3) is 0.778. The van der Waals surface area contributed by atoms with Crippen LogP contribution in [-0.4, -0.2) is 24.2 Å². The van der Waals surface area contributed by atoms with Crippen molar-refractivity contribution in [2.45, 2.75) is 32.1 Å². The number of hydrogen-bond acceptors (Lipinski definition) is 3. The van der Waals surface area contributed by atoms with Crippen molar-refractivity contribution in [1.29, 1.82) is 0 Å². The maximum absolute atomic E-state index is 11.3. The SMILES string of the molecule is COC(=O)C1(C(=O)O)CCCCC1. The molecular weight excluding hydrogens is 172 g/mol. The second kappa shape index (κ2) is 3.77. The molecule has 0 saturated heterocycles. The third-order valence-electron chi connectivity index (χ3n) is 2.69. The van der Waals surface area contributed by atoms with Gasteiger partial charge < -0.3 is 9.84 Å². The van der Waals surface area contributed by atoms with Crippen molar-refractivity contribution in [2.75, 3.05) is 7.11 Å². The topological polar surface area (TPSA) is 63.6 Å². The van der Waals surface area contributed by atoms with Crippen molar-refractivity contribution in [3.8, 4) is 0 Å². The second-order valence-corrected chi connectivity index (χ2v) is 3.44. The summed E-state index contributed by atoms with van der Waals surface area (Å²) in [4.78, 5) is 22.3. The third-order valence-corrected chi connectivity index (χ3v) is 2.69. The summed E-state index contributed by atoms with van der Waals surface area (Å²) < 4.78 is 4.53. The van der Waals surface area contributed by atoms with E-state index in [1.54, 1.807) is 0 Å². The first-order valence-corrected chi connectivity index (χ1v) is 4.45. The normalized spacial score (nSPS) is 20.7. The molecule has 0 aromatic rings. The fourth-order valence-corrected chi connectivity index (χ4v) is 1.86. The van der Waals surface area contributed by atoms with Crippen LogP contribution in [0, 0.1) is 5.41 Å². The summed E-state index contributed by atoms with van der Waals surface area (Å²) >= 11 is 0. The van der Waals surface area contributed by atoms with Crippen LogP contribution in [0.5, 0.6) is 0 Å². The van der Waals surface area contributed by atoms with E-state index in [0.29, 0.717) is 12.8 Å². The van der Waals surface area contributed by atoms with E-state index in [9.17, 15) is 9.59 Å². The summed E-state index contributed by atoms with van der Waals surface area (Å²) in [5, 5.41) is 8.99. The van der Waals surface area contributed by atoms with Crippen LogP contribution >= 0.6 is 0 Å². The average Bonchev–Trinajstić information content (AvgIpc) is 2.17. The molecule has 0 bridgehead atoms. The molecule has 1 aliphatic carbocycles. The van der Waals surface area contributed by atoms with Crippen LogP contribution in [0.4, 0.5) is 0 Å². The van der Waals surface area contributed by atoms with Crippen molar-refractivity contribution in [3.05, 3.63) is 0 Å². The first-order chi connectivity index (χ1) is 6.13. The Balaban J connectivity index is 2.85. The zero-order chi connectivity index (χ0) is 9.90. The van der Waals surface area contributed by atoms with Crippen LogP contribution in [0.1, 0.15) is 32.1 Å². The maximum atomic E-state index is 11.3. The Morgan fingerprint density at radius 1 is 1.23 bits per heavy atom. The minimum Gasteiger partial charge on any atom is -0.480 e. The van der Waals surface area contributed by atoms with Gasteiger partial charge in [-0.1, -0.05) is 19.3 Å². The molecule has 1 rings (SSSR count). The van der Waals surface area contributed by atoms with Gasteiger partial charge in [0.25, 0.3) is 0 Å². The molecule has 1 aliphatic rings. The van der Waals surface area contributed by atoms with Gasteiger partial charge in [0, 0.05) is 0 Å². The van der Waals surface area contributed by atoms with E-state index in [0.717, 1.165) is 19.3 Å². The first kappa shape index (κ1) is 10.0. The molecule has 0 unspecified atom stereocenters. The molecular formula is C9H14O4. The van der Waals surface area contributed by atoms with Gasteiger partial charge in [-0.25, -0.2) is 0 Å². The number of aliphatic carboxylic acids is 1. The Labute approximate surface area is 76.9 Å². The molecule has 0 amide bonds. The summed E-state index contributed by atoms with van der Waals surface area (Å²) in [6, 6.07) is 0. The minimum atomic E-state index is -1.26. The molecule has 1 N–H and O–H groups in total. The van der Waals surface area contributed by atoms with E-state index >= 15 is 0 Å². The van der Waals surface area contributed by atoms with Crippen LogP contribution in [0.3, 0.4) is 0 Å². The molecule has 4 heteroatoms. The lowest BCUT2D eigenvalue weighted by molar-refractivity contribution is -0.169. The summed E-state index contributed by atoms with van der Waals surface area (Å²) in [7, 11) is 1.24. The molecule has 0 spiro atoms. The highest BCUT2D eigenvalue weighted by Gasteiger charge is 2.47. The third kappa shape index (κ3) is 1.66. The molecule has 0 aromatic heterocycles. The van der Waals surface area contributed by atoms with E-state index in [1.165, 1.54) is 7.11 Å².